The zero-order valence-corrected chi connectivity index (χ0v) is 18.2. The summed E-state index contributed by atoms with van der Waals surface area (Å²) in [6.45, 7) is 6.77. The minimum atomic E-state index is -3.50. The molecule has 1 atom stereocenters. The van der Waals surface area contributed by atoms with E-state index in [1.54, 1.807) is 12.1 Å². The Bertz CT molecular complexity index is 929. The second kappa shape index (κ2) is 9.09. The van der Waals surface area contributed by atoms with Gasteiger partial charge in [0.2, 0.25) is 15.9 Å². The van der Waals surface area contributed by atoms with Gasteiger partial charge in [0.15, 0.2) is 0 Å². The fourth-order valence-electron chi connectivity index (χ4n) is 3.67. The smallest absolute Gasteiger partial charge is 0.243 e. The molecule has 0 unspecified atom stereocenters. The molecule has 1 amide bonds. The highest BCUT2D eigenvalue weighted by Crippen LogP contribution is 2.25. The van der Waals surface area contributed by atoms with Crippen LogP contribution in [0.4, 0.5) is 0 Å². The van der Waals surface area contributed by atoms with E-state index < -0.39 is 10.0 Å². The highest BCUT2D eigenvalue weighted by atomic mass is 32.2. The minimum absolute atomic E-state index is 0.00412. The molecule has 0 aliphatic carbocycles. The molecule has 0 aromatic heterocycles. The number of nitrogens with one attached hydrogen (secondary N) is 1. The van der Waals surface area contributed by atoms with Gasteiger partial charge in [-0.2, -0.15) is 4.31 Å². The molecule has 1 saturated heterocycles. The molecule has 0 bridgehead atoms. The van der Waals surface area contributed by atoms with Crippen LogP contribution in [0.3, 0.4) is 0 Å². The number of hydrogen-bond donors (Lipinski definition) is 1. The fraction of sp³-hybridized carbons (Fsp3) is 0.435. The van der Waals surface area contributed by atoms with E-state index in [0.29, 0.717) is 30.8 Å². The van der Waals surface area contributed by atoms with Crippen LogP contribution in [0, 0.1) is 12.8 Å². The van der Waals surface area contributed by atoms with Crippen LogP contribution in [0.25, 0.3) is 0 Å². The van der Waals surface area contributed by atoms with Crippen LogP contribution in [0.1, 0.15) is 49.4 Å². The maximum atomic E-state index is 12.8. The molecule has 0 radical (unpaired) electrons. The lowest BCUT2D eigenvalue weighted by molar-refractivity contribution is -0.126. The first-order chi connectivity index (χ1) is 13.8. The van der Waals surface area contributed by atoms with E-state index in [0.717, 1.165) is 17.5 Å². The molecule has 0 spiro atoms. The quantitative estimate of drug-likeness (QED) is 0.781. The Kier molecular flexibility index (Phi) is 6.75. The largest absolute Gasteiger partial charge is 0.349 e. The molecule has 6 heteroatoms. The average Bonchev–Trinajstić information content (AvgIpc) is 2.74. The average molecular weight is 415 g/mol. The summed E-state index contributed by atoms with van der Waals surface area (Å²) in [5.41, 5.74) is 3.38. The second-order valence-corrected chi connectivity index (χ2v) is 9.75. The van der Waals surface area contributed by atoms with Gasteiger partial charge in [-0.3, -0.25) is 4.79 Å². The molecule has 1 N–H and O–H groups in total. The predicted molar refractivity (Wildman–Crippen MR) is 115 cm³/mol. The van der Waals surface area contributed by atoms with Crippen LogP contribution in [-0.4, -0.2) is 31.7 Å². The highest BCUT2D eigenvalue weighted by molar-refractivity contribution is 7.89. The number of carbonyl (C=O) groups excluding carboxylic acids is 1. The Morgan fingerprint density at radius 1 is 1.07 bits per heavy atom. The number of benzene rings is 2. The molecule has 2 aromatic carbocycles. The maximum absolute atomic E-state index is 12.8. The molecule has 1 heterocycles. The van der Waals surface area contributed by atoms with Crippen LogP contribution in [0.5, 0.6) is 0 Å². The summed E-state index contributed by atoms with van der Waals surface area (Å²) in [4.78, 5) is 13.0. The standard InChI is InChI=1S/C23H30N2O3S/c1-4-19-7-9-20(10-8-19)18(3)24-23(26)21-13-15-25(16-14-21)29(27,28)22-11-5-17(2)6-12-22/h5-12,18,21H,4,13-16H2,1-3H3,(H,24,26)/t18-/m1/s1. The molecule has 3 rings (SSSR count). The Morgan fingerprint density at radius 2 is 1.66 bits per heavy atom. The van der Waals surface area contributed by atoms with Gasteiger partial charge in [0.05, 0.1) is 10.9 Å². The van der Waals surface area contributed by atoms with Gasteiger partial charge < -0.3 is 5.32 Å². The summed E-state index contributed by atoms with van der Waals surface area (Å²) >= 11 is 0. The molecule has 5 nitrogen and oxygen atoms in total. The number of piperidine rings is 1. The predicted octanol–water partition coefficient (Wildman–Crippen LogP) is 3.84. The van der Waals surface area contributed by atoms with Crippen molar-refractivity contribution in [2.75, 3.05) is 13.1 Å². The van der Waals surface area contributed by atoms with Gasteiger partial charge in [0.1, 0.15) is 0 Å². The van der Waals surface area contributed by atoms with Crippen molar-refractivity contribution in [2.24, 2.45) is 5.92 Å². The molecule has 0 saturated carbocycles. The van der Waals surface area contributed by atoms with Gasteiger partial charge in [-0.25, -0.2) is 8.42 Å². The number of nitrogens with zero attached hydrogens (tertiary/aromatic N) is 1. The Labute approximate surface area is 174 Å². The topological polar surface area (TPSA) is 66.5 Å². The minimum Gasteiger partial charge on any atom is -0.349 e. The van der Waals surface area contributed by atoms with Crippen molar-refractivity contribution in [3.63, 3.8) is 0 Å². The highest BCUT2D eigenvalue weighted by Gasteiger charge is 2.32. The second-order valence-electron chi connectivity index (χ2n) is 7.82. The zero-order valence-electron chi connectivity index (χ0n) is 17.4. The first kappa shape index (κ1) is 21.5. The number of carbonyl (C=O) groups is 1. The molecular formula is C23H30N2O3S. The third kappa shape index (κ3) is 5.06. The molecule has 1 fully saturated rings. The van der Waals surface area contributed by atoms with E-state index in [2.05, 4.69) is 36.5 Å². The Hall–Kier alpha value is -2.18. The van der Waals surface area contributed by atoms with Crippen molar-refractivity contribution in [3.8, 4) is 0 Å². The summed E-state index contributed by atoms with van der Waals surface area (Å²) < 4.78 is 27.1. The number of hydrogen-bond acceptors (Lipinski definition) is 3. The number of amides is 1. The lowest BCUT2D eigenvalue weighted by atomic mass is 9.96. The van der Waals surface area contributed by atoms with Gasteiger partial charge in [-0.05, 0) is 56.4 Å². The third-order valence-electron chi connectivity index (χ3n) is 5.73. The Balaban J connectivity index is 1.56. The van der Waals surface area contributed by atoms with Crippen molar-refractivity contribution in [1.82, 2.24) is 9.62 Å². The summed E-state index contributed by atoms with van der Waals surface area (Å²) in [6.07, 6.45) is 2.07. The van der Waals surface area contributed by atoms with Crippen molar-refractivity contribution < 1.29 is 13.2 Å². The number of rotatable bonds is 6. The van der Waals surface area contributed by atoms with E-state index in [9.17, 15) is 13.2 Å². The van der Waals surface area contributed by atoms with Crippen LogP contribution in [0.15, 0.2) is 53.4 Å². The van der Waals surface area contributed by atoms with Crippen molar-refractivity contribution >= 4 is 15.9 Å². The lowest BCUT2D eigenvalue weighted by Crippen LogP contribution is -2.43. The van der Waals surface area contributed by atoms with Crippen molar-refractivity contribution in [1.29, 1.82) is 0 Å². The molecule has 1 aliphatic heterocycles. The summed E-state index contributed by atoms with van der Waals surface area (Å²) in [7, 11) is -3.50. The van der Waals surface area contributed by atoms with E-state index >= 15 is 0 Å². The van der Waals surface area contributed by atoms with Crippen molar-refractivity contribution in [2.45, 2.75) is 51.0 Å². The molecule has 29 heavy (non-hydrogen) atoms. The molecule has 2 aromatic rings. The van der Waals surface area contributed by atoms with Gasteiger partial charge in [-0.1, -0.05) is 48.9 Å². The van der Waals surface area contributed by atoms with E-state index in [-0.39, 0.29) is 17.9 Å². The first-order valence-electron chi connectivity index (χ1n) is 10.3. The SMILES string of the molecule is CCc1ccc([C@@H](C)NC(=O)C2CCN(S(=O)(=O)c3ccc(C)cc3)CC2)cc1. The van der Waals surface area contributed by atoms with Gasteiger partial charge >= 0.3 is 0 Å². The van der Waals surface area contributed by atoms with E-state index in [1.165, 1.54) is 9.87 Å². The fourth-order valence-corrected chi connectivity index (χ4v) is 5.14. The maximum Gasteiger partial charge on any atom is 0.243 e. The van der Waals surface area contributed by atoms with E-state index in [1.807, 2.05) is 26.0 Å². The normalized spacial score (nSPS) is 17.1. The summed E-state index contributed by atoms with van der Waals surface area (Å²) in [5, 5.41) is 3.09. The lowest BCUT2D eigenvalue weighted by Gasteiger charge is -2.31. The molecule has 1 aliphatic rings. The third-order valence-corrected chi connectivity index (χ3v) is 7.64. The summed E-state index contributed by atoms with van der Waals surface area (Å²) in [5.74, 6) is -0.152. The van der Waals surface area contributed by atoms with E-state index in [4.69, 9.17) is 0 Å². The summed E-state index contributed by atoms with van der Waals surface area (Å²) in [6, 6.07) is 15.1. The molecule has 156 valence electrons. The van der Waals surface area contributed by atoms with Crippen LogP contribution < -0.4 is 5.32 Å². The van der Waals surface area contributed by atoms with Gasteiger partial charge in [-0.15, -0.1) is 0 Å². The van der Waals surface area contributed by atoms with Crippen LogP contribution in [-0.2, 0) is 21.2 Å². The van der Waals surface area contributed by atoms with Crippen LogP contribution >= 0.6 is 0 Å². The van der Waals surface area contributed by atoms with Crippen LogP contribution in [0.2, 0.25) is 0 Å². The zero-order chi connectivity index (χ0) is 21.0. The van der Waals surface area contributed by atoms with Gasteiger partial charge in [0, 0.05) is 19.0 Å². The monoisotopic (exact) mass is 414 g/mol. The first-order valence-corrected chi connectivity index (χ1v) is 11.7. The Morgan fingerprint density at radius 3 is 2.21 bits per heavy atom. The van der Waals surface area contributed by atoms with Gasteiger partial charge in [0.25, 0.3) is 0 Å². The molecular weight excluding hydrogens is 384 g/mol. The number of sulfonamides is 1. The van der Waals surface area contributed by atoms with Crippen molar-refractivity contribution in [3.05, 3.63) is 65.2 Å². The number of aryl methyl sites for hydroxylation is 2.